The van der Waals surface area contributed by atoms with E-state index in [-0.39, 0.29) is 30.2 Å². The number of nitrogens with one attached hydrogen (secondary N) is 1. The molecule has 0 saturated heterocycles. The summed E-state index contributed by atoms with van der Waals surface area (Å²) < 4.78 is 16.5. The maximum absolute atomic E-state index is 13.0. The lowest BCUT2D eigenvalue weighted by Gasteiger charge is -2.20. The van der Waals surface area contributed by atoms with Crippen molar-refractivity contribution in [2.75, 3.05) is 25.2 Å². The number of esters is 3. The molecule has 0 aromatic rings. The highest BCUT2D eigenvalue weighted by Gasteiger charge is 2.24. The van der Waals surface area contributed by atoms with E-state index in [4.69, 9.17) is 14.2 Å². The minimum absolute atomic E-state index is 0.0110. The monoisotopic (exact) mass is 924 g/mol. The second-order valence-electron chi connectivity index (χ2n) is 19.0. The molecule has 0 aromatic carbocycles. The maximum Gasteiger partial charge on any atom is 0.329 e. The van der Waals surface area contributed by atoms with Gasteiger partial charge < -0.3 is 19.5 Å². The number of rotatable bonds is 51. The zero-order valence-corrected chi connectivity index (χ0v) is 43.6. The van der Waals surface area contributed by atoms with Gasteiger partial charge in [0.2, 0.25) is 5.91 Å². The second-order valence-corrected chi connectivity index (χ2v) is 20.0. The van der Waals surface area contributed by atoms with E-state index in [2.05, 4.69) is 26.1 Å². The molecule has 0 aromatic heterocycles. The van der Waals surface area contributed by atoms with Crippen LogP contribution < -0.4 is 5.32 Å². The number of hydrogen-bond donors (Lipinski definition) is 1. The van der Waals surface area contributed by atoms with Crippen LogP contribution in [0.1, 0.15) is 290 Å². The predicted molar refractivity (Wildman–Crippen MR) is 273 cm³/mol. The van der Waals surface area contributed by atoms with Crippen molar-refractivity contribution in [3.05, 3.63) is 0 Å². The van der Waals surface area contributed by atoms with E-state index >= 15 is 0 Å². The van der Waals surface area contributed by atoms with E-state index in [1.807, 2.05) is 0 Å². The van der Waals surface area contributed by atoms with Crippen LogP contribution in [0.15, 0.2) is 0 Å². The van der Waals surface area contributed by atoms with E-state index in [1.54, 1.807) is 0 Å². The lowest BCUT2D eigenvalue weighted by atomic mass is 10.0. The maximum atomic E-state index is 13.0. The van der Waals surface area contributed by atoms with E-state index in [0.29, 0.717) is 25.0 Å². The third-order valence-electron chi connectivity index (χ3n) is 12.6. The molecule has 0 saturated carbocycles. The summed E-state index contributed by atoms with van der Waals surface area (Å²) in [5.74, 6) is -0.571. The molecule has 1 unspecified atom stereocenters. The fraction of sp³-hybridized carbons (Fsp3) is 0.927. The molecule has 0 rings (SSSR count). The molecule has 0 aliphatic rings. The molecule has 0 bridgehead atoms. The van der Waals surface area contributed by atoms with Crippen LogP contribution in [0.2, 0.25) is 0 Å². The summed E-state index contributed by atoms with van der Waals surface area (Å²) in [5, 5.41) is 2.87. The number of ether oxygens (including phenoxy) is 3. The Morgan fingerprint density at radius 1 is 0.406 bits per heavy atom. The molecule has 0 aliphatic heterocycles. The second kappa shape index (κ2) is 50.6. The molecule has 64 heavy (non-hydrogen) atoms. The Labute approximate surface area is 400 Å². The molecule has 0 heterocycles. The predicted octanol–water partition coefficient (Wildman–Crippen LogP) is 16.3. The Balaban J connectivity index is 4.68. The highest BCUT2D eigenvalue weighted by atomic mass is 32.2. The number of methoxy groups -OCH3 is 1. The standard InChI is InChI=1S/C55H105NO7S/c1-5-8-11-14-17-20-23-26-29-32-35-38-41-44-52(57)56-51(55(60)61-4)49-64-48-50(63-54(59)46-43-40-37-34-31-28-25-22-19-16-13-10-7-3)47-62-53(58)45-42-39-36-33-30-27-24-21-18-15-12-9-6-2/h50-51H,5-49H2,1-4H3,(H,56,57)/t50?,51-/m0/s1. The van der Waals surface area contributed by atoms with Crippen LogP contribution in [0.25, 0.3) is 0 Å². The first-order valence-corrected chi connectivity index (χ1v) is 28.8. The molecule has 0 radical (unpaired) electrons. The first-order valence-electron chi connectivity index (χ1n) is 27.7. The van der Waals surface area contributed by atoms with Crippen LogP contribution in [0.4, 0.5) is 0 Å². The first-order chi connectivity index (χ1) is 31.4. The van der Waals surface area contributed by atoms with Crippen LogP contribution in [-0.2, 0) is 33.4 Å². The zero-order valence-electron chi connectivity index (χ0n) is 42.7. The molecule has 8 nitrogen and oxygen atoms in total. The summed E-state index contributed by atoms with van der Waals surface area (Å²) in [5.41, 5.74) is 0. The van der Waals surface area contributed by atoms with Crippen LogP contribution in [-0.4, -0.2) is 61.2 Å². The number of hydrogen-bond acceptors (Lipinski definition) is 8. The van der Waals surface area contributed by atoms with Crippen molar-refractivity contribution in [2.45, 2.75) is 303 Å². The van der Waals surface area contributed by atoms with Gasteiger partial charge in [0.05, 0.1) is 7.11 Å². The smallest absolute Gasteiger partial charge is 0.329 e. The Hall–Kier alpha value is -1.77. The largest absolute Gasteiger partial charge is 0.467 e. The summed E-state index contributed by atoms with van der Waals surface area (Å²) in [6, 6.07) is -0.801. The Morgan fingerprint density at radius 2 is 0.719 bits per heavy atom. The average Bonchev–Trinajstić information content (AvgIpc) is 3.29. The fourth-order valence-corrected chi connectivity index (χ4v) is 9.41. The van der Waals surface area contributed by atoms with Crippen molar-refractivity contribution in [1.82, 2.24) is 5.32 Å². The zero-order chi connectivity index (χ0) is 46.8. The molecule has 9 heteroatoms. The van der Waals surface area contributed by atoms with Crippen molar-refractivity contribution < 1.29 is 33.4 Å². The molecular weight excluding hydrogens is 819 g/mol. The van der Waals surface area contributed by atoms with Crippen molar-refractivity contribution in [3.8, 4) is 0 Å². The van der Waals surface area contributed by atoms with Crippen molar-refractivity contribution in [2.24, 2.45) is 0 Å². The minimum Gasteiger partial charge on any atom is -0.467 e. The van der Waals surface area contributed by atoms with Gasteiger partial charge in [-0.15, -0.1) is 0 Å². The molecule has 1 N–H and O–H groups in total. The number of carbonyl (C=O) groups is 4. The highest BCUT2D eigenvalue weighted by molar-refractivity contribution is 7.99. The van der Waals surface area contributed by atoms with Gasteiger partial charge in [0.1, 0.15) is 18.8 Å². The Morgan fingerprint density at radius 3 is 1.06 bits per heavy atom. The Kier molecular flexibility index (Phi) is 49.2. The van der Waals surface area contributed by atoms with Gasteiger partial charge in [-0.3, -0.25) is 14.4 Å². The van der Waals surface area contributed by atoms with E-state index in [0.717, 1.165) is 57.8 Å². The van der Waals surface area contributed by atoms with Gasteiger partial charge in [0.25, 0.3) is 0 Å². The van der Waals surface area contributed by atoms with Gasteiger partial charge >= 0.3 is 17.9 Å². The lowest BCUT2D eigenvalue weighted by molar-refractivity contribution is -0.157. The number of unbranched alkanes of at least 4 members (excludes halogenated alkanes) is 36. The summed E-state index contributed by atoms with van der Waals surface area (Å²) in [7, 11) is 1.33. The third-order valence-corrected chi connectivity index (χ3v) is 13.8. The number of carbonyl (C=O) groups excluding carboxylic acids is 4. The molecular formula is C55H105NO7S. The fourth-order valence-electron chi connectivity index (χ4n) is 8.39. The van der Waals surface area contributed by atoms with Gasteiger partial charge in [-0.05, 0) is 19.3 Å². The van der Waals surface area contributed by atoms with E-state index in [9.17, 15) is 19.2 Å². The summed E-state index contributed by atoms with van der Waals surface area (Å²) >= 11 is 1.40. The van der Waals surface area contributed by atoms with Gasteiger partial charge in [-0.2, -0.15) is 11.8 Å². The highest BCUT2D eigenvalue weighted by Crippen LogP contribution is 2.18. The third kappa shape index (κ3) is 45.4. The first kappa shape index (κ1) is 62.2. The lowest BCUT2D eigenvalue weighted by Crippen LogP contribution is -2.43. The SMILES string of the molecule is CCCCCCCCCCCCCCCC(=O)N[C@@H](CSCC(COC(=O)CCCCCCCCCCCCCCC)OC(=O)CCCCCCCCCCCCCCC)C(=O)OC. The van der Waals surface area contributed by atoms with E-state index in [1.165, 1.54) is 211 Å². The van der Waals surface area contributed by atoms with Gasteiger partial charge in [-0.25, -0.2) is 4.79 Å². The summed E-state index contributed by atoms with van der Waals surface area (Å²) in [6.45, 7) is 6.77. The average molecular weight is 925 g/mol. The van der Waals surface area contributed by atoms with Gasteiger partial charge in [-0.1, -0.05) is 252 Å². The number of amides is 1. The van der Waals surface area contributed by atoms with Gasteiger partial charge in [0, 0.05) is 30.8 Å². The van der Waals surface area contributed by atoms with Crippen LogP contribution in [0.3, 0.4) is 0 Å². The molecule has 0 spiro atoms. The summed E-state index contributed by atoms with van der Waals surface area (Å²) in [6.07, 6.45) is 48.9. The molecule has 378 valence electrons. The molecule has 0 fully saturated rings. The van der Waals surface area contributed by atoms with Crippen molar-refractivity contribution in [3.63, 3.8) is 0 Å². The molecule has 0 aliphatic carbocycles. The Bertz CT molecular complexity index is 1040. The van der Waals surface area contributed by atoms with Crippen LogP contribution in [0, 0.1) is 0 Å². The number of thioether (sulfide) groups is 1. The van der Waals surface area contributed by atoms with Crippen LogP contribution in [0.5, 0.6) is 0 Å². The van der Waals surface area contributed by atoms with Crippen molar-refractivity contribution in [1.29, 1.82) is 0 Å². The van der Waals surface area contributed by atoms with Crippen molar-refractivity contribution >= 4 is 35.6 Å². The minimum atomic E-state index is -0.801. The molecule has 1 amide bonds. The quantitative estimate of drug-likeness (QED) is 0.0365. The molecule has 2 atom stereocenters. The van der Waals surface area contributed by atoms with E-state index < -0.39 is 18.1 Å². The topological polar surface area (TPSA) is 108 Å². The van der Waals surface area contributed by atoms with Crippen LogP contribution >= 0.6 is 11.8 Å². The normalized spacial score (nSPS) is 12.2. The summed E-state index contributed by atoms with van der Waals surface area (Å²) in [4.78, 5) is 51.2. The van der Waals surface area contributed by atoms with Gasteiger partial charge in [0.15, 0.2) is 0 Å².